The second-order valence-electron chi connectivity index (χ2n) is 2.89. The van der Waals surface area contributed by atoms with Gasteiger partial charge < -0.3 is 4.74 Å². The molecule has 0 spiro atoms. The Kier molecular flexibility index (Phi) is 3.95. The molecular formula is C10H7ClF2O3. The van der Waals surface area contributed by atoms with Crippen LogP contribution >= 0.6 is 11.6 Å². The molecule has 0 heterocycles. The van der Waals surface area contributed by atoms with Crippen molar-refractivity contribution >= 4 is 23.7 Å². The summed E-state index contributed by atoms with van der Waals surface area (Å²) in [6.45, 7) is -1.98. The number of alkyl halides is 2. The highest BCUT2D eigenvalue weighted by molar-refractivity contribution is 6.33. The number of rotatable bonds is 4. The summed E-state index contributed by atoms with van der Waals surface area (Å²) in [6.07, 6.45) is 0.380. The maximum Gasteiger partial charge on any atom is 0.387 e. The summed E-state index contributed by atoms with van der Waals surface area (Å²) >= 11 is 5.62. The molecule has 1 rings (SSSR count). The Morgan fingerprint density at radius 3 is 2.56 bits per heavy atom. The number of Topliss-reactive ketones (excluding diaryl/α,β-unsaturated/α-hetero) is 1. The van der Waals surface area contributed by atoms with Gasteiger partial charge in [-0.1, -0.05) is 11.6 Å². The van der Waals surface area contributed by atoms with Crippen molar-refractivity contribution in [1.82, 2.24) is 0 Å². The highest BCUT2D eigenvalue weighted by Crippen LogP contribution is 2.32. The Morgan fingerprint density at radius 1 is 1.50 bits per heavy atom. The molecule has 0 fully saturated rings. The number of benzene rings is 1. The average molecular weight is 249 g/mol. The lowest BCUT2D eigenvalue weighted by Crippen LogP contribution is -2.09. The van der Waals surface area contributed by atoms with Crippen LogP contribution in [0.2, 0.25) is 5.02 Å². The number of carbonyl (C=O) groups is 2. The van der Waals surface area contributed by atoms with Gasteiger partial charge in [0.15, 0.2) is 17.8 Å². The number of carbonyl (C=O) groups excluding carboxylic acids is 2. The zero-order valence-electron chi connectivity index (χ0n) is 8.17. The Bertz CT molecular complexity index is 432. The number of ketones is 1. The minimum Gasteiger partial charge on any atom is -0.432 e. The van der Waals surface area contributed by atoms with Crippen LogP contribution in [0.25, 0.3) is 0 Å². The summed E-state index contributed by atoms with van der Waals surface area (Å²) in [5.74, 6) is -1.03. The molecule has 1 aromatic rings. The van der Waals surface area contributed by atoms with Crippen molar-refractivity contribution in [3.63, 3.8) is 0 Å². The Labute approximate surface area is 95.0 Å². The molecule has 0 aromatic heterocycles. The lowest BCUT2D eigenvalue weighted by Gasteiger charge is -2.11. The summed E-state index contributed by atoms with van der Waals surface area (Å²) < 4.78 is 28.3. The SMILES string of the molecule is CC(=O)c1c(C=O)ccc(Cl)c1OC(F)F. The van der Waals surface area contributed by atoms with Gasteiger partial charge in [-0.25, -0.2) is 0 Å². The average Bonchev–Trinajstić information content (AvgIpc) is 2.19. The molecule has 3 nitrogen and oxygen atoms in total. The molecule has 0 unspecified atom stereocenters. The molecule has 0 aliphatic rings. The maximum absolute atomic E-state index is 12.1. The Morgan fingerprint density at radius 2 is 2.12 bits per heavy atom. The van der Waals surface area contributed by atoms with Gasteiger partial charge >= 0.3 is 6.61 Å². The number of hydrogen-bond acceptors (Lipinski definition) is 3. The minimum atomic E-state index is -3.11. The third kappa shape index (κ3) is 2.55. The number of hydrogen-bond donors (Lipinski definition) is 0. The highest BCUT2D eigenvalue weighted by Gasteiger charge is 2.20. The van der Waals surface area contributed by atoms with Gasteiger partial charge in [0.2, 0.25) is 0 Å². The van der Waals surface area contributed by atoms with Crippen LogP contribution in [0.4, 0.5) is 8.78 Å². The first-order chi connectivity index (χ1) is 7.47. The third-order valence-electron chi connectivity index (χ3n) is 1.83. The highest BCUT2D eigenvalue weighted by atomic mass is 35.5. The molecule has 0 saturated heterocycles. The fourth-order valence-corrected chi connectivity index (χ4v) is 1.44. The molecule has 0 atom stereocenters. The van der Waals surface area contributed by atoms with E-state index in [2.05, 4.69) is 4.74 Å². The molecule has 0 radical (unpaired) electrons. The number of ether oxygens (including phenoxy) is 1. The van der Waals surface area contributed by atoms with E-state index in [1.807, 2.05) is 0 Å². The molecule has 0 saturated carbocycles. The van der Waals surface area contributed by atoms with Crippen molar-refractivity contribution in [2.75, 3.05) is 0 Å². The van der Waals surface area contributed by atoms with E-state index < -0.39 is 18.1 Å². The van der Waals surface area contributed by atoms with Crippen LogP contribution in [0.15, 0.2) is 12.1 Å². The third-order valence-corrected chi connectivity index (χ3v) is 2.13. The van der Waals surface area contributed by atoms with Gasteiger partial charge in [-0.3, -0.25) is 9.59 Å². The van der Waals surface area contributed by atoms with Gasteiger partial charge in [-0.2, -0.15) is 8.78 Å². The zero-order chi connectivity index (χ0) is 12.3. The summed E-state index contributed by atoms with van der Waals surface area (Å²) in [6, 6.07) is 2.49. The molecule has 6 heteroatoms. The van der Waals surface area contributed by atoms with E-state index in [9.17, 15) is 18.4 Å². The van der Waals surface area contributed by atoms with Gasteiger partial charge in [-0.05, 0) is 19.1 Å². The fourth-order valence-electron chi connectivity index (χ4n) is 1.24. The molecule has 1 aromatic carbocycles. The topological polar surface area (TPSA) is 43.4 Å². The van der Waals surface area contributed by atoms with Crippen LogP contribution < -0.4 is 4.74 Å². The van der Waals surface area contributed by atoms with Crippen molar-refractivity contribution in [1.29, 1.82) is 0 Å². The van der Waals surface area contributed by atoms with E-state index in [1.54, 1.807) is 0 Å². The number of aldehydes is 1. The van der Waals surface area contributed by atoms with Crippen molar-refractivity contribution in [2.45, 2.75) is 13.5 Å². The zero-order valence-corrected chi connectivity index (χ0v) is 8.92. The van der Waals surface area contributed by atoms with Crippen molar-refractivity contribution in [3.8, 4) is 5.75 Å². The largest absolute Gasteiger partial charge is 0.432 e. The lowest BCUT2D eigenvalue weighted by atomic mass is 10.0. The van der Waals surface area contributed by atoms with E-state index in [0.717, 1.165) is 6.92 Å². The van der Waals surface area contributed by atoms with E-state index in [4.69, 9.17) is 11.6 Å². The monoisotopic (exact) mass is 248 g/mol. The van der Waals surface area contributed by atoms with E-state index >= 15 is 0 Å². The lowest BCUT2D eigenvalue weighted by molar-refractivity contribution is -0.0501. The summed E-state index contributed by atoms with van der Waals surface area (Å²) in [4.78, 5) is 21.9. The van der Waals surface area contributed by atoms with Crippen LogP contribution in [-0.2, 0) is 0 Å². The second-order valence-corrected chi connectivity index (χ2v) is 3.30. The fraction of sp³-hybridized carbons (Fsp3) is 0.200. The molecule has 0 aliphatic heterocycles. The molecule has 86 valence electrons. The predicted octanol–water partition coefficient (Wildman–Crippen LogP) is 2.96. The molecule has 0 N–H and O–H groups in total. The smallest absolute Gasteiger partial charge is 0.387 e. The summed E-state index contributed by atoms with van der Waals surface area (Å²) in [7, 11) is 0. The van der Waals surface area contributed by atoms with E-state index in [0.29, 0.717) is 6.29 Å². The van der Waals surface area contributed by atoms with Crippen molar-refractivity contribution < 1.29 is 23.1 Å². The summed E-state index contributed by atoms with van der Waals surface area (Å²) in [5, 5.41) is -0.142. The summed E-state index contributed by atoms with van der Waals surface area (Å²) in [5.41, 5.74) is -0.268. The minimum absolute atomic E-state index is 0.0347. The molecule has 0 amide bonds. The van der Waals surface area contributed by atoms with Crippen LogP contribution in [0.1, 0.15) is 27.6 Å². The standard InChI is InChI=1S/C10H7ClF2O3/c1-5(15)8-6(4-14)2-3-7(11)9(8)16-10(12)13/h2-4,10H,1H3. The number of halogens is 3. The van der Waals surface area contributed by atoms with Crippen LogP contribution in [0, 0.1) is 0 Å². The van der Waals surface area contributed by atoms with Crippen LogP contribution in [0.5, 0.6) is 5.75 Å². The Hall–Kier alpha value is -1.49. The van der Waals surface area contributed by atoms with E-state index in [1.165, 1.54) is 12.1 Å². The van der Waals surface area contributed by atoms with Gasteiger partial charge in [0.05, 0.1) is 10.6 Å². The second kappa shape index (κ2) is 5.03. The maximum atomic E-state index is 12.1. The van der Waals surface area contributed by atoms with E-state index in [-0.39, 0.29) is 16.1 Å². The van der Waals surface area contributed by atoms with Gasteiger partial charge in [0, 0.05) is 5.56 Å². The first-order valence-electron chi connectivity index (χ1n) is 4.20. The van der Waals surface area contributed by atoms with Gasteiger partial charge in [0.25, 0.3) is 0 Å². The van der Waals surface area contributed by atoms with Crippen LogP contribution in [0.3, 0.4) is 0 Å². The normalized spacial score (nSPS) is 10.3. The molecule has 0 aliphatic carbocycles. The van der Waals surface area contributed by atoms with Gasteiger partial charge in [-0.15, -0.1) is 0 Å². The molecule has 16 heavy (non-hydrogen) atoms. The Balaban J connectivity index is 3.41. The first-order valence-corrected chi connectivity index (χ1v) is 4.58. The van der Waals surface area contributed by atoms with Gasteiger partial charge in [0.1, 0.15) is 0 Å². The predicted molar refractivity (Wildman–Crippen MR) is 53.5 cm³/mol. The van der Waals surface area contributed by atoms with Crippen LogP contribution in [-0.4, -0.2) is 18.7 Å². The van der Waals surface area contributed by atoms with Crippen molar-refractivity contribution in [2.24, 2.45) is 0 Å². The van der Waals surface area contributed by atoms with Crippen molar-refractivity contribution in [3.05, 3.63) is 28.3 Å². The first kappa shape index (κ1) is 12.6. The quantitative estimate of drug-likeness (QED) is 0.608. The molecular weight excluding hydrogens is 242 g/mol. The molecule has 0 bridgehead atoms.